The van der Waals surface area contributed by atoms with Crippen LogP contribution in [0.3, 0.4) is 0 Å². The van der Waals surface area contributed by atoms with Crippen molar-refractivity contribution in [3.8, 4) is 0 Å². The average Bonchev–Trinajstić information content (AvgIpc) is 2.26. The third-order valence-corrected chi connectivity index (χ3v) is 1.96. The molecule has 5 nitrogen and oxygen atoms in total. The molecular formula is C9H17N5. The Kier molecular flexibility index (Phi) is 4.12. The van der Waals surface area contributed by atoms with Crippen LogP contribution in [0.4, 0.5) is 11.6 Å². The molecule has 0 saturated carbocycles. The highest BCUT2D eigenvalue weighted by molar-refractivity contribution is 5.45. The fourth-order valence-corrected chi connectivity index (χ4v) is 0.953. The summed E-state index contributed by atoms with van der Waals surface area (Å²) in [5.41, 5.74) is 5.51. The van der Waals surface area contributed by atoms with Crippen molar-refractivity contribution in [1.82, 2.24) is 9.97 Å². The lowest BCUT2D eigenvalue weighted by molar-refractivity contribution is 0.627. The van der Waals surface area contributed by atoms with Crippen molar-refractivity contribution in [2.45, 2.75) is 6.92 Å². The van der Waals surface area contributed by atoms with Gasteiger partial charge in [-0.3, -0.25) is 0 Å². The van der Waals surface area contributed by atoms with E-state index >= 15 is 0 Å². The van der Waals surface area contributed by atoms with Gasteiger partial charge >= 0.3 is 0 Å². The standard InChI is InChI=1S/C9H17N5/c1-7(4-10)5-12-9-3-8(11-2)13-6-14-9/h3,6-7H,4-5,10H2,1-2H3,(H2,11,12,13,14). The van der Waals surface area contributed by atoms with E-state index < -0.39 is 0 Å². The first kappa shape index (κ1) is 10.7. The van der Waals surface area contributed by atoms with Crippen LogP contribution in [-0.2, 0) is 0 Å². The van der Waals surface area contributed by atoms with Gasteiger partial charge in [0.15, 0.2) is 0 Å². The lowest BCUT2D eigenvalue weighted by Gasteiger charge is -2.10. The average molecular weight is 195 g/mol. The zero-order chi connectivity index (χ0) is 10.4. The third kappa shape index (κ3) is 3.18. The number of aromatic nitrogens is 2. The fraction of sp³-hybridized carbons (Fsp3) is 0.556. The van der Waals surface area contributed by atoms with Crippen LogP contribution in [0.5, 0.6) is 0 Å². The van der Waals surface area contributed by atoms with Gasteiger partial charge in [-0.25, -0.2) is 9.97 Å². The summed E-state index contributed by atoms with van der Waals surface area (Å²) in [6.45, 7) is 3.60. The van der Waals surface area contributed by atoms with Crippen molar-refractivity contribution >= 4 is 11.6 Å². The number of nitrogens with one attached hydrogen (secondary N) is 2. The summed E-state index contributed by atoms with van der Waals surface area (Å²) in [5.74, 6) is 2.08. The first-order chi connectivity index (χ1) is 6.76. The van der Waals surface area contributed by atoms with Gasteiger partial charge in [0.05, 0.1) is 0 Å². The van der Waals surface area contributed by atoms with Gasteiger partial charge in [0, 0.05) is 19.7 Å². The summed E-state index contributed by atoms with van der Waals surface area (Å²) in [6, 6.07) is 1.86. The number of hydrogen-bond acceptors (Lipinski definition) is 5. The van der Waals surface area contributed by atoms with E-state index in [-0.39, 0.29) is 0 Å². The van der Waals surface area contributed by atoms with Crippen LogP contribution in [0.2, 0.25) is 0 Å². The molecule has 1 aromatic heterocycles. The molecule has 14 heavy (non-hydrogen) atoms. The minimum atomic E-state index is 0.447. The molecule has 0 aliphatic heterocycles. The minimum Gasteiger partial charge on any atom is -0.373 e. The number of anilines is 2. The maximum absolute atomic E-state index is 5.51. The van der Waals surface area contributed by atoms with Gasteiger partial charge < -0.3 is 16.4 Å². The van der Waals surface area contributed by atoms with Crippen molar-refractivity contribution in [2.24, 2.45) is 11.7 Å². The maximum Gasteiger partial charge on any atom is 0.131 e. The van der Waals surface area contributed by atoms with E-state index in [1.54, 1.807) is 0 Å². The van der Waals surface area contributed by atoms with E-state index in [9.17, 15) is 0 Å². The summed E-state index contributed by atoms with van der Waals surface area (Å²) in [7, 11) is 1.83. The molecule has 0 aliphatic rings. The van der Waals surface area contributed by atoms with E-state index in [1.807, 2.05) is 13.1 Å². The van der Waals surface area contributed by atoms with Crippen molar-refractivity contribution in [3.05, 3.63) is 12.4 Å². The van der Waals surface area contributed by atoms with Gasteiger partial charge in [0.25, 0.3) is 0 Å². The van der Waals surface area contributed by atoms with Crippen molar-refractivity contribution < 1.29 is 0 Å². The van der Waals surface area contributed by atoms with Crippen LogP contribution in [0.15, 0.2) is 12.4 Å². The Morgan fingerprint density at radius 1 is 1.43 bits per heavy atom. The Morgan fingerprint density at radius 3 is 2.79 bits per heavy atom. The second-order valence-electron chi connectivity index (χ2n) is 3.26. The first-order valence-electron chi connectivity index (χ1n) is 4.70. The van der Waals surface area contributed by atoms with E-state index in [1.165, 1.54) is 6.33 Å². The summed E-state index contributed by atoms with van der Waals surface area (Å²) in [4.78, 5) is 8.11. The van der Waals surface area contributed by atoms with Gasteiger partial charge in [-0.2, -0.15) is 0 Å². The van der Waals surface area contributed by atoms with E-state index in [2.05, 4.69) is 27.5 Å². The molecule has 0 bridgehead atoms. The molecule has 78 valence electrons. The highest BCUT2D eigenvalue weighted by atomic mass is 15.1. The largest absolute Gasteiger partial charge is 0.373 e. The highest BCUT2D eigenvalue weighted by Gasteiger charge is 2.00. The Labute approximate surface area is 84.1 Å². The molecule has 0 aliphatic carbocycles. The molecule has 0 amide bonds. The van der Waals surface area contributed by atoms with Gasteiger partial charge in [-0.1, -0.05) is 6.92 Å². The zero-order valence-corrected chi connectivity index (χ0v) is 8.62. The SMILES string of the molecule is CNc1cc(NCC(C)CN)ncn1. The van der Waals surface area contributed by atoms with E-state index in [0.29, 0.717) is 12.5 Å². The molecule has 1 heterocycles. The molecule has 0 fully saturated rings. The van der Waals surface area contributed by atoms with Crippen molar-refractivity contribution in [2.75, 3.05) is 30.8 Å². The second kappa shape index (κ2) is 5.39. The van der Waals surface area contributed by atoms with Crippen LogP contribution in [0.25, 0.3) is 0 Å². The Morgan fingerprint density at radius 2 is 2.14 bits per heavy atom. The molecule has 0 spiro atoms. The molecule has 1 aromatic rings. The van der Waals surface area contributed by atoms with Crippen LogP contribution >= 0.6 is 0 Å². The summed E-state index contributed by atoms with van der Waals surface area (Å²) < 4.78 is 0. The molecule has 1 rings (SSSR count). The molecule has 0 saturated heterocycles. The molecule has 1 unspecified atom stereocenters. The molecule has 0 aromatic carbocycles. The summed E-state index contributed by atoms with van der Waals surface area (Å²) in [5, 5.41) is 6.15. The predicted molar refractivity (Wildman–Crippen MR) is 58.3 cm³/mol. The Bertz CT molecular complexity index is 276. The molecule has 0 radical (unpaired) electrons. The number of nitrogens with zero attached hydrogens (tertiary/aromatic N) is 2. The lowest BCUT2D eigenvalue weighted by Crippen LogP contribution is -2.20. The van der Waals surface area contributed by atoms with Crippen LogP contribution in [0.1, 0.15) is 6.92 Å². The van der Waals surface area contributed by atoms with Gasteiger partial charge in [0.2, 0.25) is 0 Å². The van der Waals surface area contributed by atoms with Crippen LogP contribution in [-0.4, -0.2) is 30.1 Å². The summed E-state index contributed by atoms with van der Waals surface area (Å²) >= 11 is 0. The summed E-state index contributed by atoms with van der Waals surface area (Å²) in [6.07, 6.45) is 1.53. The zero-order valence-electron chi connectivity index (χ0n) is 8.62. The lowest BCUT2D eigenvalue weighted by atomic mass is 10.2. The molecule has 5 heteroatoms. The van der Waals surface area contributed by atoms with E-state index in [0.717, 1.165) is 18.2 Å². The second-order valence-corrected chi connectivity index (χ2v) is 3.26. The monoisotopic (exact) mass is 195 g/mol. The fourth-order valence-electron chi connectivity index (χ4n) is 0.953. The van der Waals surface area contributed by atoms with Crippen LogP contribution in [0, 0.1) is 5.92 Å². The quantitative estimate of drug-likeness (QED) is 0.639. The Hall–Kier alpha value is -1.36. The predicted octanol–water partition coefficient (Wildman–Crippen LogP) is 0.525. The molecule has 4 N–H and O–H groups in total. The first-order valence-corrected chi connectivity index (χ1v) is 4.70. The van der Waals surface area contributed by atoms with Crippen molar-refractivity contribution in [1.29, 1.82) is 0 Å². The van der Waals surface area contributed by atoms with Gasteiger partial charge in [0.1, 0.15) is 18.0 Å². The smallest absolute Gasteiger partial charge is 0.131 e. The maximum atomic E-state index is 5.51. The van der Waals surface area contributed by atoms with Crippen molar-refractivity contribution in [3.63, 3.8) is 0 Å². The van der Waals surface area contributed by atoms with E-state index in [4.69, 9.17) is 5.73 Å². The highest BCUT2D eigenvalue weighted by Crippen LogP contribution is 2.07. The normalized spacial score (nSPS) is 12.2. The minimum absolute atomic E-state index is 0.447. The van der Waals surface area contributed by atoms with Gasteiger partial charge in [-0.15, -0.1) is 0 Å². The molecular weight excluding hydrogens is 178 g/mol. The topological polar surface area (TPSA) is 75.9 Å². The number of hydrogen-bond donors (Lipinski definition) is 3. The Balaban J connectivity index is 2.50. The number of rotatable bonds is 5. The van der Waals surface area contributed by atoms with Crippen LogP contribution < -0.4 is 16.4 Å². The third-order valence-electron chi connectivity index (χ3n) is 1.96. The molecule has 1 atom stereocenters. The van der Waals surface area contributed by atoms with Gasteiger partial charge in [-0.05, 0) is 12.5 Å². The number of nitrogens with two attached hydrogens (primary N) is 1.